The van der Waals surface area contributed by atoms with Crippen LogP contribution in [0.15, 0.2) is 43.4 Å². The molecule has 0 bridgehead atoms. The molecule has 1 aliphatic heterocycles. The Kier molecular flexibility index (Phi) is 6.33. The number of hydrogen-bond acceptors (Lipinski definition) is 3. The molecule has 0 fully saturated rings. The first-order valence-electron chi connectivity index (χ1n) is 9.41. The van der Waals surface area contributed by atoms with Gasteiger partial charge in [-0.25, -0.2) is 4.98 Å². The van der Waals surface area contributed by atoms with Crippen LogP contribution in [0.3, 0.4) is 0 Å². The van der Waals surface area contributed by atoms with Crippen LogP contribution in [-0.2, 0) is 24.1 Å². The lowest BCUT2D eigenvalue weighted by Crippen LogP contribution is -2.47. The van der Waals surface area contributed by atoms with Gasteiger partial charge in [0, 0.05) is 31.0 Å². The molecule has 1 N–H and O–H groups in total. The number of carbonyl (C=O) groups excluding carboxylic acids is 1. The van der Waals surface area contributed by atoms with Gasteiger partial charge in [-0.2, -0.15) is 26.3 Å². The molecule has 0 radical (unpaired) electrons. The van der Waals surface area contributed by atoms with E-state index in [1.165, 1.54) is 18.6 Å². The van der Waals surface area contributed by atoms with E-state index in [0.29, 0.717) is 29.1 Å². The SMILES string of the molecule is C=CCCC1CN(C(=O)C(F)(F)F)Cc2cc(C(F)(F)F)ccc2N1Cc1cnc[nH]1. The van der Waals surface area contributed by atoms with Crippen molar-refractivity contribution in [3.05, 3.63) is 60.2 Å². The average molecular weight is 446 g/mol. The highest BCUT2D eigenvalue weighted by Gasteiger charge is 2.45. The lowest BCUT2D eigenvalue weighted by Gasteiger charge is -2.34. The van der Waals surface area contributed by atoms with Crippen LogP contribution in [-0.4, -0.2) is 39.5 Å². The molecule has 11 heteroatoms. The van der Waals surface area contributed by atoms with Crippen LogP contribution in [0.5, 0.6) is 0 Å². The molecule has 0 spiro atoms. The van der Waals surface area contributed by atoms with E-state index >= 15 is 0 Å². The van der Waals surface area contributed by atoms with Crippen molar-refractivity contribution in [2.45, 2.75) is 44.3 Å². The number of aromatic amines is 1. The monoisotopic (exact) mass is 446 g/mol. The van der Waals surface area contributed by atoms with Crippen molar-refractivity contribution in [2.75, 3.05) is 11.4 Å². The number of aromatic nitrogens is 2. The molecule has 31 heavy (non-hydrogen) atoms. The van der Waals surface area contributed by atoms with Gasteiger partial charge in [0.25, 0.3) is 0 Å². The number of alkyl halides is 6. The van der Waals surface area contributed by atoms with Crippen LogP contribution in [0, 0.1) is 0 Å². The van der Waals surface area contributed by atoms with E-state index in [9.17, 15) is 31.1 Å². The van der Waals surface area contributed by atoms with Crippen molar-refractivity contribution < 1.29 is 31.1 Å². The molecule has 2 aromatic rings. The third-order valence-corrected chi connectivity index (χ3v) is 5.08. The van der Waals surface area contributed by atoms with Crippen LogP contribution in [0.25, 0.3) is 0 Å². The van der Waals surface area contributed by atoms with Gasteiger partial charge in [-0.3, -0.25) is 4.79 Å². The molecule has 2 heterocycles. The first kappa shape index (κ1) is 22.7. The van der Waals surface area contributed by atoms with Gasteiger partial charge in [0.05, 0.1) is 24.1 Å². The largest absolute Gasteiger partial charge is 0.471 e. The Labute approximate surface area is 174 Å². The van der Waals surface area contributed by atoms with Crippen molar-refractivity contribution in [3.8, 4) is 0 Å². The topological polar surface area (TPSA) is 52.2 Å². The minimum absolute atomic E-state index is 0.00644. The fourth-order valence-corrected chi connectivity index (χ4v) is 3.65. The maximum atomic E-state index is 13.3. The first-order chi connectivity index (χ1) is 14.5. The number of anilines is 1. The molecular formula is C20H20F6N4O. The zero-order chi connectivity index (χ0) is 22.8. The van der Waals surface area contributed by atoms with Crippen LogP contribution in [0.2, 0.25) is 0 Å². The van der Waals surface area contributed by atoms with E-state index in [1.54, 1.807) is 11.0 Å². The highest BCUT2D eigenvalue weighted by Crippen LogP contribution is 2.37. The highest BCUT2D eigenvalue weighted by atomic mass is 19.4. The number of fused-ring (bicyclic) bond motifs is 1. The molecule has 1 atom stereocenters. The lowest BCUT2D eigenvalue weighted by atomic mass is 10.0. The summed E-state index contributed by atoms with van der Waals surface area (Å²) in [7, 11) is 0. The summed E-state index contributed by atoms with van der Waals surface area (Å²) in [6.07, 6.45) is -4.44. The van der Waals surface area contributed by atoms with Crippen molar-refractivity contribution in [3.63, 3.8) is 0 Å². The molecule has 0 saturated heterocycles. The molecule has 0 aliphatic carbocycles. The second-order valence-corrected chi connectivity index (χ2v) is 7.25. The summed E-state index contributed by atoms with van der Waals surface area (Å²) < 4.78 is 79.3. The van der Waals surface area contributed by atoms with Gasteiger partial charge in [0.1, 0.15) is 0 Å². The smallest absolute Gasteiger partial charge is 0.361 e. The number of carbonyl (C=O) groups is 1. The number of hydrogen-bond donors (Lipinski definition) is 1. The summed E-state index contributed by atoms with van der Waals surface area (Å²) in [5.74, 6) is -2.08. The zero-order valence-corrected chi connectivity index (χ0v) is 16.3. The molecule has 1 aliphatic rings. The number of nitrogens with zero attached hydrogens (tertiary/aromatic N) is 3. The Balaban J connectivity index is 2.10. The van der Waals surface area contributed by atoms with E-state index < -0.39 is 36.4 Å². The number of benzene rings is 1. The summed E-state index contributed by atoms with van der Waals surface area (Å²) in [4.78, 5) is 21.1. The highest BCUT2D eigenvalue weighted by molar-refractivity contribution is 5.82. The fourth-order valence-electron chi connectivity index (χ4n) is 3.65. The van der Waals surface area contributed by atoms with Crippen LogP contribution in [0.1, 0.15) is 29.7 Å². The number of imidazole rings is 1. The third kappa shape index (κ3) is 5.20. The summed E-state index contributed by atoms with van der Waals surface area (Å²) in [5.41, 5.74) is -0.0241. The van der Waals surface area contributed by atoms with E-state index in [-0.39, 0.29) is 18.7 Å². The summed E-state index contributed by atoms with van der Waals surface area (Å²) in [6.45, 7) is 2.92. The molecule has 1 unspecified atom stereocenters. The Bertz CT molecular complexity index is 923. The summed E-state index contributed by atoms with van der Waals surface area (Å²) in [5, 5.41) is 0. The Morgan fingerprint density at radius 1 is 1.26 bits per heavy atom. The van der Waals surface area contributed by atoms with E-state index in [0.717, 1.165) is 12.1 Å². The molecule has 0 saturated carbocycles. The molecule has 1 aromatic carbocycles. The van der Waals surface area contributed by atoms with Crippen LogP contribution < -0.4 is 4.90 Å². The second kappa shape index (κ2) is 8.64. The Hall–Kier alpha value is -2.98. The zero-order valence-electron chi connectivity index (χ0n) is 16.3. The maximum Gasteiger partial charge on any atom is 0.471 e. The number of halogens is 6. The summed E-state index contributed by atoms with van der Waals surface area (Å²) >= 11 is 0. The predicted octanol–water partition coefficient (Wildman–Crippen LogP) is 4.67. The Morgan fingerprint density at radius 3 is 2.58 bits per heavy atom. The fraction of sp³-hybridized carbons (Fsp3) is 0.400. The molecule has 1 amide bonds. The van der Waals surface area contributed by atoms with Gasteiger partial charge in [-0.05, 0) is 36.6 Å². The standard InChI is InChI=1S/C20H20F6N4O/c1-2-3-4-16-11-29(18(31)20(24,25)26)9-13-7-14(19(21,22)23)5-6-17(13)30(16)10-15-8-27-12-28-15/h2,5-8,12,16H,1,3-4,9-11H2,(H,27,28). The number of rotatable bonds is 5. The predicted molar refractivity (Wildman–Crippen MR) is 101 cm³/mol. The number of amides is 1. The van der Waals surface area contributed by atoms with E-state index in [1.807, 2.05) is 0 Å². The normalized spacial score (nSPS) is 17.3. The minimum atomic E-state index is -5.14. The van der Waals surface area contributed by atoms with Gasteiger partial charge < -0.3 is 14.8 Å². The second-order valence-electron chi connectivity index (χ2n) is 7.25. The first-order valence-corrected chi connectivity index (χ1v) is 9.41. The van der Waals surface area contributed by atoms with Crippen LogP contribution in [0.4, 0.5) is 32.0 Å². The molecular weight excluding hydrogens is 426 g/mol. The van der Waals surface area contributed by atoms with Crippen LogP contribution >= 0.6 is 0 Å². The average Bonchev–Trinajstić information content (AvgIpc) is 3.14. The minimum Gasteiger partial charge on any atom is -0.361 e. The van der Waals surface area contributed by atoms with Gasteiger partial charge in [-0.15, -0.1) is 6.58 Å². The van der Waals surface area contributed by atoms with Crippen molar-refractivity contribution in [1.82, 2.24) is 14.9 Å². The van der Waals surface area contributed by atoms with Gasteiger partial charge in [0.2, 0.25) is 0 Å². The van der Waals surface area contributed by atoms with Crippen molar-refractivity contribution in [1.29, 1.82) is 0 Å². The van der Waals surface area contributed by atoms with Crippen molar-refractivity contribution in [2.24, 2.45) is 0 Å². The van der Waals surface area contributed by atoms with Gasteiger partial charge >= 0.3 is 18.3 Å². The van der Waals surface area contributed by atoms with E-state index in [2.05, 4.69) is 16.5 Å². The molecule has 1 aromatic heterocycles. The number of allylic oxidation sites excluding steroid dienone is 1. The summed E-state index contributed by atoms with van der Waals surface area (Å²) in [6, 6.07) is 2.37. The maximum absolute atomic E-state index is 13.3. The van der Waals surface area contributed by atoms with Gasteiger partial charge in [-0.1, -0.05) is 6.08 Å². The molecule has 5 nitrogen and oxygen atoms in total. The number of H-pyrrole nitrogens is 1. The molecule has 3 rings (SSSR count). The van der Waals surface area contributed by atoms with E-state index in [4.69, 9.17) is 0 Å². The van der Waals surface area contributed by atoms with Crippen molar-refractivity contribution >= 4 is 11.6 Å². The molecule has 168 valence electrons. The third-order valence-electron chi connectivity index (χ3n) is 5.08. The number of nitrogens with one attached hydrogen (secondary N) is 1. The lowest BCUT2D eigenvalue weighted by molar-refractivity contribution is -0.186. The Morgan fingerprint density at radius 2 is 2.00 bits per heavy atom. The van der Waals surface area contributed by atoms with Gasteiger partial charge in [0.15, 0.2) is 0 Å². The quantitative estimate of drug-likeness (QED) is 0.536.